The number of rotatable bonds is 9. The van der Waals surface area contributed by atoms with Crippen LogP contribution in [0.5, 0.6) is 0 Å². The standard InChI is InChI=1S/C32H43F4N3/c1-8-20(4)22(6)28(17-27(10-3)39-15-14-24-16-26(24)19-39)31(38-23(7)21(5)9-2)37-18-25-12-11-13-29(30(25)33)32(34,35)36/h10-13,17,24,26H,8-9,14-16,18-19H2,1-7H3,(H,37,38)/b22-20-,23-21-,27-10+,28-17+. The van der Waals surface area contributed by atoms with Crippen molar-refractivity contribution in [2.45, 2.75) is 86.9 Å². The maximum atomic E-state index is 14.9. The van der Waals surface area contributed by atoms with Crippen molar-refractivity contribution in [2.24, 2.45) is 16.8 Å². The molecule has 1 aliphatic carbocycles. The van der Waals surface area contributed by atoms with E-state index < -0.39 is 17.6 Å². The lowest BCUT2D eigenvalue weighted by molar-refractivity contribution is -0.140. The Kier molecular flexibility index (Phi) is 10.2. The summed E-state index contributed by atoms with van der Waals surface area (Å²) in [5.74, 6) is 0.894. The molecule has 0 aromatic heterocycles. The van der Waals surface area contributed by atoms with Gasteiger partial charge in [0.15, 0.2) is 0 Å². The summed E-state index contributed by atoms with van der Waals surface area (Å²) in [4.78, 5) is 7.37. The highest BCUT2D eigenvalue weighted by Gasteiger charge is 2.41. The number of nitrogens with one attached hydrogen (secondary N) is 1. The summed E-state index contributed by atoms with van der Waals surface area (Å²) in [6.07, 6.45) is 3.66. The monoisotopic (exact) mass is 545 g/mol. The van der Waals surface area contributed by atoms with Crippen LogP contribution in [-0.4, -0.2) is 23.8 Å². The Morgan fingerprint density at radius 2 is 1.77 bits per heavy atom. The lowest BCUT2D eigenvalue weighted by Crippen LogP contribution is -2.31. The van der Waals surface area contributed by atoms with Crippen molar-refractivity contribution in [3.63, 3.8) is 0 Å². The molecule has 2 unspecified atom stereocenters. The van der Waals surface area contributed by atoms with Gasteiger partial charge in [0.25, 0.3) is 0 Å². The van der Waals surface area contributed by atoms with E-state index in [1.807, 2.05) is 20.8 Å². The van der Waals surface area contributed by atoms with Crippen molar-refractivity contribution < 1.29 is 17.6 Å². The second-order valence-corrected chi connectivity index (χ2v) is 10.8. The van der Waals surface area contributed by atoms with Crippen LogP contribution >= 0.6 is 0 Å². The molecule has 1 N–H and O–H groups in total. The Labute approximate surface area is 231 Å². The molecule has 0 amide bonds. The summed E-state index contributed by atoms with van der Waals surface area (Å²) in [6, 6.07) is 3.40. The van der Waals surface area contributed by atoms with Gasteiger partial charge in [-0.25, -0.2) is 9.38 Å². The number of fused-ring (bicyclic) bond motifs is 1. The molecule has 2 fully saturated rings. The zero-order chi connectivity index (χ0) is 28.9. The van der Waals surface area contributed by atoms with Gasteiger partial charge in [0.05, 0.1) is 5.56 Å². The third kappa shape index (κ3) is 7.64. The van der Waals surface area contributed by atoms with Gasteiger partial charge < -0.3 is 10.2 Å². The molecule has 214 valence electrons. The summed E-state index contributed by atoms with van der Waals surface area (Å²) in [6.45, 7) is 16.2. The molecule has 0 spiro atoms. The van der Waals surface area contributed by atoms with Crippen molar-refractivity contribution in [1.29, 1.82) is 0 Å². The molecule has 1 heterocycles. The number of likely N-dealkylation sites (tertiary alicyclic amines) is 1. The first-order chi connectivity index (χ1) is 18.4. The number of alkyl halides is 3. The highest BCUT2D eigenvalue weighted by atomic mass is 19.4. The van der Waals surface area contributed by atoms with Crippen LogP contribution < -0.4 is 5.32 Å². The molecule has 1 aromatic carbocycles. The number of amidine groups is 1. The maximum absolute atomic E-state index is 14.9. The molecule has 1 saturated carbocycles. The summed E-state index contributed by atoms with van der Waals surface area (Å²) in [5, 5.41) is 3.24. The Morgan fingerprint density at radius 3 is 2.36 bits per heavy atom. The van der Waals surface area contributed by atoms with Gasteiger partial charge in [0, 0.05) is 42.2 Å². The Bertz CT molecular complexity index is 1200. The molecule has 1 aliphatic heterocycles. The number of allylic oxidation sites excluding steroid dienone is 5. The summed E-state index contributed by atoms with van der Waals surface area (Å²) >= 11 is 0. The molecule has 2 aliphatic rings. The minimum Gasteiger partial charge on any atom is -0.371 e. The summed E-state index contributed by atoms with van der Waals surface area (Å²) < 4.78 is 55.0. The van der Waals surface area contributed by atoms with Gasteiger partial charge in [-0.15, -0.1) is 0 Å². The number of halogens is 4. The molecule has 0 radical (unpaired) electrons. The number of nitrogens with zero attached hydrogens (tertiary/aromatic N) is 2. The molecule has 1 saturated heterocycles. The van der Waals surface area contributed by atoms with Gasteiger partial charge in [-0.2, -0.15) is 13.2 Å². The van der Waals surface area contributed by atoms with Crippen molar-refractivity contribution in [3.05, 3.63) is 81.0 Å². The van der Waals surface area contributed by atoms with E-state index in [4.69, 9.17) is 4.99 Å². The Morgan fingerprint density at radius 1 is 1.08 bits per heavy atom. The van der Waals surface area contributed by atoms with Crippen molar-refractivity contribution in [1.82, 2.24) is 10.2 Å². The van der Waals surface area contributed by atoms with Crippen molar-refractivity contribution in [2.75, 3.05) is 13.1 Å². The second-order valence-electron chi connectivity index (χ2n) is 10.8. The SMILES string of the molecule is C\C=C(/C=C(C(=N/C(C)=C(/C)CC)/NCc1cccc(C(F)(F)F)c1F)\C(C)=C(\C)CC)N1CCC2CC2C1. The van der Waals surface area contributed by atoms with E-state index in [-0.39, 0.29) is 12.1 Å². The van der Waals surface area contributed by atoms with Gasteiger partial charge in [0.2, 0.25) is 0 Å². The van der Waals surface area contributed by atoms with E-state index in [9.17, 15) is 17.6 Å². The smallest absolute Gasteiger partial charge is 0.371 e. The number of benzene rings is 1. The van der Waals surface area contributed by atoms with Crippen molar-refractivity contribution >= 4 is 5.84 Å². The van der Waals surface area contributed by atoms with Crippen LogP contribution in [0.25, 0.3) is 0 Å². The molecule has 2 atom stereocenters. The fraction of sp³-hybridized carbons (Fsp3) is 0.531. The van der Waals surface area contributed by atoms with Crippen molar-refractivity contribution in [3.8, 4) is 0 Å². The Balaban J connectivity index is 2.09. The highest BCUT2D eigenvalue weighted by Crippen LogP contribution is 2.45. The minimum absolute atomic E-state index is 0.0540. The quantitative estimate of drug-likeness (QED) is 0.145. The molecule has 3 nitrogen and oxygen atoms in total. The van der Waals surface area contributed by atoms with Gasteiger partial charge in [-0.3, -0.25) is 0 Å². The third-order valence-electron chi connectivity index (χ3n) is 8.33. The topological polar surface area (TPSA) is 27.6 Å². The Hall–Kier alpha value is -2.83. The van der Waals surface area contributed by atoms with Gasteiger partial charge in [0.1, 0.15) is 11.7 Å². The van der Waals surface area contributed by atoms with Crippen LogP contribution in [0.2, 0.25) is 0 Å². The lowest BCUT2D eigenvalue weighted by Gasteiger charge is -2.30. The predicted octanol–water partition coefficient (Wildman–Crippen LogP) is 8.95. The first-order valence-corrected chi connectivity index (χ1v) is 14.0. The number of piperidine rings is 1. The van der Waals surface area contributed by atoms with Crippen LogP contribution in [0.15, 0.2) is 69.0 Å². The predicted molar refractivity (Wildman–Crippen MR) is 153 cm³/mol. The van der Waals surface area contributed by atoms with Gasteiger partial charge >= 0.3 is 6.18 Å². The fourth-order valence-corrected chi connectivity index (χ4v) is 5.00. The maximum Gasteiger partial charge on any atom is 0.419 e. The third-order valence-corrected chi connectivity index (χ3v) is 8.33. The zero-order valence-electron chi connectivity index (χ0n) is 24.4. The number of aliphatic imine (C=N–C) groups is 1. The van der Waals surface area contributed by atoms with Gasteiger partial charge in [-0.1, -0.05) is 43.2 Å². The van der Waals surface area contributed by atoms with E-state index in [2.05, 4.69) is 50.1 Å². The van der Waals surface area contributed by atoms with Crippen LogP contribution in [0.4, 0.5) is 17.6 Å². The largest absolute Gasteiger partial charge is 0.419 e. The molecule has 1 aromatic rings. The van der Waals surface area contributed by atoms with E-state index in [1.54, 1.807) is 0 Å². The molecule has 0 bridgehead atoms. The summed E-state index contributed by atoms with van der Waals surface area (Å²) in [5.41, 5.74) is 4.84. The minimum atomic E-state index is -4.76. The molecular formula is C32H43F4N3. The van der Waals surface area contributed by atoms with E-state index >= 15 is 0 Å². The second kappa shape index (κ2) is 13.0. The van der Waals surface area contributed by atoms with E-state index in [0.29, 0.717) is 5.84 Å². The molecular weight excluding hydrogens is 502 g/mol. The zero-order valence-corrected chi connectivity index (χ0v) is 24.4. The van der Waals surface area contributed by atoms with E-state index in [0.717, 1.165) is 71.9 Å². The van der Waals surface area contributed by atoms with E-state index in [1.165, 1.54) is 30.5 Å². The molecule has 7 heteroatoms. The first-order valence-electron chi connectivity index (χ1n) is 14.0. The lowest BCUT2D eigenvalue weighted by atomic mass is 9.97. The van der Waals surface area contributed by atoms with Crippen LogP contribution in [-0.2, 0) is 12.7 Å². The highest BCUT2D eigenvalue weighted by molar-refractivity contribution is 6.03. The first kappa shape index (κ1) is 30.7. The van der Waals surface area contributed by atoms with Crippen LogP contribution in [0.1, 0.15) is 85.3 Å². The molecule has 3 rings (SSSR count). The van der Waals surface area contributed by atoms with Crippen LogP contribution in [0.3, 0.4) is 0 Å². The summed E-state index contributed by atoms with van der Waals surface area (Å²) in [7, 11) is 0. The van der Waals surface area contributed by atoms with Gasteiger partial charge in [-0.05, 0) is 89.9 Å². The number of hydrogen-bond acceptors (Lipinski definition) is 2. The average Bonchev–Trinajstić information content (AvgIpc) is 3.69. The fourth-order valence-electron chi connectivity index (χ4n) is 5.00. The normalized spacial score (nSPS) is 21.8. The molecule has 39 heavy (non-hydrogen) atoms. The average molecular weight is 546 g/mol. The van der Waals surface area contributed by atoms with Crippen LogP contribution in [0, 0.1) is 17.7 Å². The number of hydrogen-bond donors (Lipinski definition) is 1.